The molecule has 0 spiro atoms. The lowest BCUT2D eigenvalue weighted by atomic mass is 9.92. The molecule has 0 amide bonds. The molecule has 4 aromatic rings. The minimum atomic E-state index is -0.746. The van der Waals surface area contributed by atoms with Gasteiger partial charge in [-0.3, -0.25) is 4.79 Å². The standard InChI is InChI=1S/C28H22FNO4/c29-24-11-9-19(18-3-1-2-4-20(18)25-14-33-15-30-25)21-10-12-26(27(21)24)34-17-7-5-16(6-8-17)22-13-23(22)28(31)32/h1-9,11,14-15,22-23,26H,10,12-13H2,(H,31,32)/t22?,23?,26-/m1/s1. The van der Waals surface area contributed by atoms with Crippen LogP contribution < -0.4 is 4.74 Å². The Morgan fingerprint density at radius 2 is 1.82 bits per heavy atom. The predicted molar refractivity (Wildman–Crippen MR) is 124 cm³/mol. The lowest BCUT2D eigenvalue weighted by Crippen LogP contribution is -2.06. The van der Waals surface area contributed by atoms with Crippen LogP contribution in [0.15, 0.2) is 77.7 Å². The number of nitrogens with zero attached hydrogens (tertiary/aromatic N) is 1. The molecule has 1 heterocycles. The molecule has 0 radical (unpaired) electrons. The van der Waals surface area contributed by atoms with E-state index in [1.54, 1.807) is 6.26 Å². The first kappa shape index (κ1) is 20.7. The lowest BCUT2D eigenvalue weighted by Gasteiger charge is -2.17. The molecule has 1 fully saturated rings. The second kappa shape index (κ2) is 8.13. The van der Waals surface area contributed by atoms with Gasteiger partial charge in [0, 0.05) is 11.1 Å². The van der Waals surface area contributed by atoms with Crippen molar-refractivity contribution in [1.29, 1.82) is 0 Å². The van der Waals surface area contributed by atoms with Crippen LogP contribution in [-0.4, -0.2) is 16.1 Å². The SMILES string of the molecule is O=C(O)C1CC1c1ccc(O[C@@H]2CCc3c(-c4ccccc4-c4cocn4)ccc(F)c32)cc1. The van der Waals surface area contributed by atoms with E-state index in [2.05, 4.69) is 4.98 Å². The highest BCUT2D eigenvalue weighted by molar-refractivity contribution is 5.84. The molecule has 2 aliphatic rings. The van der Waals surface area contributed by atoms with Crippen LogP contribution in [-0.2, 0) is 11.2 Å². The van der Waals surface area contributed by atoms with Crippen LogP contribution in [0.2, 0.25) is 0 Å². The summed E-state index contributed by atoms with van der Waals surface area (Å²) in [5.74, 6) is -0.574. The van der Waals surface area contributed by atoms with E-state index in [0.29, 0.717) is 30.6 Å². The summed E-state index contributed by atoms with van der Waals surface area (Å²) in [4.78, 5) is 15.4. The molecule has 2 aliphatic carbocycles. The zero-order chi connectivity index (χ0) is 23.2. The number of fused-ring (bicyclic) bond motifs is 1. The molecular formula is C28H22FNO4. The number of benzene rings is 3. The fourth-order valence-electron chi connectivity index (χ4n) is 5.12. The zero-order valence-corrected chi connectivity index (χ0v) is 18.3. The molecule has 34 heavy (non-hydrogen) atoms. The maximum atomic E-state index is 15.0. The largest absolute Gasteiger partial charge is 0.486 e. The maximum absolute atomic E-state index is 15.0. The number of halogens is 1. The van der Waals surface area contributed by atoms with Crippen LogP contribution >= 0.6 is 0 Å². The van der Waals surface area contributed by atoms with Crippen molar-refractivity contribution in [3.05, 3.63) is 95.8 Å². The number of rotatable bonds is 6. The third kappa shape index (κ3) is 3.55. The lowest BCUT2D eigenvalue weighted by molar-refractivity contribution is -0.138. The second-order valence-electron chi connectivity index (χ2n) is 8.91. The van der Waals surface area contributed by atoms with Gasteiger partial charge in [-0.25, -0.2) is 9.37 Å². The molecule has 170 valence electrons. The fourth-order valence-corrected chi connectivity index (χ4v) is 5.12. The topological polar surface area (TPSA) is 72.6 Å². The Balaban J connectivity index is 1.29. The van der Waals surface area contributed by atoms with E-state index in [0.717, 1.165) is 33.5 Å². The molecular weight excluding hydrogens is 433 g/mol. The molecule has 3 aromatic carbocycles. The molecule has 1 saturated carbocycles. The normalized spacial score (nSPS) is 20.7. The van der Waals surface area contributed by atoms with Gasteiger partial charge in [-0.2, -0.15) is 0 Å². The first-order chi connectivity index (χ1) is 16.6. The van der Waals surface area contributed by atoms with Crippen LogP contribution in [0.25, 0.3) is 22.4 Å². The Bertz CT molecular complexity index is 1360. The fraction of sp³-hybridized carbons (Fsp3) is 0.214. The van der Waals surface area contributed by atoms with Gasteiger partial charge in [0.2, 0.25) is 0 Å². The van der Waals surface area contributed by atoms with Gasteiger partial charge >= 0.3 is 5.97 Å². The summed E-state index contributed by atoms with van der Waals surface area (Å²) in [6.07, 6.45) is 4.70. The van der Waals surface area contributed by atoms with Crippen LogP contribution in [0, 0.1) is 11.7 Å². The van der Waals surface area contributed by atoms with Crippen molar-refractivity contribution < 1.29 is 23.4 Å². The van der Waals surface area contributed by atoms with Crippen molar-refractivity contribution >= 4 is 5.97 Å². The molecule has 0 bridgehead atoms. The van der Waals surface area contributed by atoms with Gasteiger partial charge in [0.15, 0.2) is 6.39 Å². The van der Waals surface area contributed by atoms with Crippen LogP contribution in [0.4, 0.5) is 4.39 Å². The van der Waals surface area contributed by atoms with E-state index in [1.807, 2.05) is 54.6 Å². The Labute approximate surface area is 195 Å². The van der Waals surface area contributed by atoms with E-state index in [4.69, 9.17) is 14.3 Å². The molecule has 1 N–H and O–H groups in total. The molecule has 6 heteroatoms. The van der Waals surface area contributed by atoms with Gasteiger partial charge in [0.05, 0.1) is 5.92 Å². The third-order valence-electron chi connectivity index (χ3n) is 6.90. The third-order valence-corrected chi connectivity index (χ3v) is 6.90. The number of carbonyl (C=O) groups is 1. The Morgan fingerprint density at radius 1 is 1.03 bits per heavy atom. The highest BCUT2D eigenvalue weighted by atomic mass is 19.1. The maximum Gasteiger partial charge on any atom is 0.307 e. The van der Waals surface area contributed by atoms with Crippen molar-refractivity contribution in [3.8, 4) is 28.1 Å². The molecule has 6 rings (SSSR count). The number of hydrogen-bond acceptors (Lipinski definition) is 4. The summed E-state index contributed by atoms with van der Waals surface area (Å²) in [6.45, 7) is 0. The molecule has 1 aromatic heterocycles. The number of hydrogen-bond donors (Lipinski definition) is 1. The van der Waals surface area contributed by atoms with Gasteiger partial charge < -0.3 is 14.3 Å². The quantitative estimate of drug-likeness (QED) is 0.364. The molecule has 0 aliphatic heterocycles. The average Bonchev–Trinajstić information content (AvgIpc) is 3.26. The number of carboxylic acid groups (broad SMARTS) is 1. The molecule has 5 nitrogen and oxygen atoms in total. The monoisotopic (exact) mass is 455 g/mol. The summed E-state index contributed by atoms with van der Waals surface area (Å²) >= 11 is 0. The van der Waals surface area contributed by atoms with Crippen molar-refractivity contribution in [2.24, 2.45) is 5.92 Å². The summed E-state index contributed by atoms with van der Waals surface area (Å²) in [5.41, 5.74) is 6.19. The second-order valence-corrected chi connectivity index (χ2v) is 8.91. The number of aromatic nitrogens is 1. The first-order valence-electron chi connectivity index (χ1n) is 11.4. The van der Waals surface area contributed by atoms with Crippen molar-refractivity contribution in [2.75, 3.05) is 0 Å². The Morgan fingerprint density at radius 3 is 2.53 bits per heavy atom. The first-order valence-corrected chi connectivity index (χ1v) is 11.4. The van der Waals surface area contributed by atoms with Crippen molar-refractivity contribution in [1.82, 2.24) is 4.98 Å². The number of oxazole rings is 1. The Kier molecular flexibility index (Phi) is 4.94. The summed E-state index contributed by atoms with van der Waals surface area (Å²) in [7, 11) is 0. The molecule has 2 unspecified atom stereocenters. The zero-order valence-electron chi connectivity index (χ0n) is 18.3. The van der Waals surface area contributed by atoms with Gasteiger partial charge in [-0.15, -0.1) is 0 Å². The minimum Gasteiger partial charge on any atom is -0.486 e. The summed E-state index contributed by atoms with van der Waals surface area (Å²) in [6, 6.07) is 18.8. The van der Waals surface area contributed by atoms with E-state index in [-0.39, 0.29) is 23.8 Å². The summed E-state index contributed by atoms with van der Waals surface area (Å²) in [5, 5.41) is 9.16. The average molecular weight is 455 g/mol. The van der Waals surface area contributed by atoms with E-state index in [1.165, 1.54) is 12.5 Å². The predicted octanol–water partition coefficient (Wildman–Crippen LogP) is 6.40. The smallest absolute Gasteiger partial charge is 0.307 e. The number of carboxylic acids is 1. The Hall–Kier alpha value is -3.93. The van der Waals surface area contributed by atoms with E-state index >= 15 is 4.39 Å². The van der Waals surface area contributed by atoms with Gasteiger partial charge in [-0.05, 0) is 65.6 Å². The van der Waals surface area contributed by atoms with Crippen LogP contribution in [0.1, 0.15) is 41.6 Å². The highest BCUT2D eigenvalue weighted by Gasteiger charge is 2.44. The minimum absolute atomic E-state index is 0.0727. The van der Waals surface area contributed by atoms with Crippen LogP contribution in [0.3, 0.4) is 0 Å². The van der Waals surface area contributed by atoms with E-state index in [9.17, 15) is 4.79 Å². The van der Waals surface area contributed by atoms with Gasteiger partial charge in [0.25, 0.3) is 0 Å². The van der Waals surface area contributed by atoms with Gasteiger partial charge in [0.1, 0.15) is 29.6 Å². The van der Waals surface area contributed by atoms with Gasteiger partial charge in [-0.1, -0.05) is 42.5 Å². The van der Waals surface area contributed by atoms with Crippen molar-refractivity contribution in [3.63, 3.8) is 0 Å². The van der Waals surface area contributed by atoms with Crippen LogP contribution in [0.5, 0.6) is 5.75 Å². The molecule has 3 atom stereocenters. The van der Waals surface area contributed by atoms with E-state index < -0.39 is 5.97 Å². The number of aliphatic carboxylic acids is 1. The summed E-state index contributed by atoms with van der Waals surface area (Å²) < 4.78 is 26.4. The highest BCUT2D eigenvalue weighted by Crippen LogP contribution is 2.48. The number of ether oxygens (including phenoxy) is 1. The molecule has 0 saturated heterocycles. The van der Waals surface area contributed by atoms with Crippen molar-refractivity contribution in [2.45, 2.75) is 31.3 Å².